The molecule has 7 nitrogen and oxygen atoms in total. The number of carbonyl (C=O) groups excluding carboxylic acids is 1. The summed E-state index contributed by atoms with van der Waals surface area (Å²) in [7, 11) is -3.69. The molecule has 0 bridgehead atoms. The molecule has 5 rings (SSSR count). The van der Waals surface area contributed by atoms with Crippen molar-refractivity contribution >= 4 is 38.3 Å². The van der Waals surface area contributed by atoms with Gasteiger partial charge in [0.25, 0.3) is 15.9 Å². The van der Waals surface area contributed by atoms with E-state index in [4.69, 9.17) is 0 Å². The van der Waals surface area contributed by atoms with Gasteiger partial charge in [0.15, 0.2) is 0 Å². The van der Waals surface area contributed by atoms with Gasteiger partial charge in [-0.2, -0.15) is 0 Å². The number of fused-ring (bicyclic) bond motifs is 1. The van der Waals surface area contributed by atoms with Crippen LogP contribution in [0.2, 0.25) is 0 Å². The number of benzene rings is 4. The average molecular weight is 469 g/mol. The molecule has 0 saturated carbocycles. The van der Waals surface area contributed by atoms with Crippen LogP contribution in [0.4, 0.5) is 11.4 Å². The minimum atomic E-state index is -3.69. The first kappa shape index (κ1) is 21.4. The molecule has 0 atom stereocenters. The summed E-state index contributed by atoms with van der Waals surface area (Å²) in [5.74, 6) is 0.460. The van der Waals surface area contributed by atoms with Gasteiger partial charge in [0.2, 0.25) is 0 Å². The Bertz CT molecular complexity index is 1530. The predicted molar refractivity (Wildman–Crippen MR) is 133 cm³/mol. The molecular formula is C26H20N4O3S. The van der Waals surface area contributed by atoms with Crippen LogP contribution in [0.5, 0.6) is 0 Å². The largest absolute Gasteiger partial charge is 0.338 e. The molecule has 0 aliphatic rings. The van der Waals surface area contributed by atoms with Crippen LogP contribution in [0.1, 0.15) is 10.4 Å². The van der Waals surface area contributed by atoms with Gasteiger partial charge in [0.05, 0.1) is 15.9 Å². The van der Waals surface area contributed by atoms with E-state index in [-0.39, 0.29) is 10.8 Å². The molecule has 0 saturated heterocycles. The monoisotopic (exact) mass is 468 g/mol. The second kappa shape index (κ2) is 8.84. The number of para-hydroxylation sites is 2. The van der Waals surface area contributed by atoms with E-state index in [2.05, 4.69) is 20.0 Å². The first-order valence-electron chi connectivity index (χ1n) is 10.5. The summed E-state index contributed by atoms with van der Waals surface area (Å²) < 4.78 is 27.4. The van der Waals surface area contributed by atoms with Crippen molar-refractivity contribution in [1.82, 2.24) is 9.97 Å². The van der Waals surface area contributed by atoms with Crippen molar-refractivity contribution in [2.45, 2.75) is 4.90 Å². The minimum Gasteiger partial charge on any atom is -0.338 e. The maximum atomic E-state index is 12.6. The minimum absolute atomic E-state index is 0.169. The Kier molecular flexibility index (Phi) is 5.57. The lowest BCUT2D eigenvalue weighted by atomic mass is 10.1. The third kappa shape index (κ3) is 4.53. The standard InChI is InChI=1S/C26H20N4O3S/c31-26(19-12-16-21(17-13-19)30-34(32,33)22-6-2-1-3-7-22)27-20-14-10-18(11-15-20)25-28-23-8-4-5-9-24(23)29-25/h1-17,30H,(H,27,31)(H,28,29). The molecule has 0 spiro atoms. The number of rotatable bonds is 6. The van der Waals surface area contributed by atoms with Crippen molar-refractivity contribution in [2.24, 2.45) is 0 Å². The van der Waals surface area contributed by atoms with Gasteiger partial charge in [-0.15, -0.1) is 0 Å². The predicted octanol–water partition coefficient (Wildman–Crippen LogP) is 5.28. The Labute approximate surface area is 196 Å². The summed E-state index contributed by atoms with van der Waals surface area (Å²) in [6, 6.07) is 29.5. The maximum absolute atomic E-state index is 12.6. The van der Waals surface area contributed by atoms with Gasteiger partial charge >= 0.3 is 0 Å². The molecule has 0 fully saturated rings. The molecule has 5 aromatic rings. The van der Waals surface area contributed by atoms with Crippen LogP contribution in [0.25, 0.3) is 22.4 Å². The van der Waals surface area contributed by atoms with Crippen molar-refractivity contribution in [3.63, 3.8) is 0 Å². The van der Waals surface area contributed by atoms with E-state index in [1.165, 1.54) is 12.1 Å². The first-order chi connectivity index (χ1) is 16.5. The number of nitrogens with one attached hydrogen (secondary N) is 3. The molecule has 8 heteroatoms. The number of H-pyrrole nitrogens is 1. The van der Waals surface area contributed by atoms with Crippen LogP contribution in [0, 0.1) is 0 Å². The number of carbonyl (C=O) groups is 1. The zero-order valence-corrected chi connectivity index (χ0v) is 18.7. The highest BCUT2D eigenvalue weighted by Crippen LogP contribution is 2.23. The molecule has 0 unspecified atom stereocenters. The number of hydrogen-bond donors (Lipinski definition) is 3. The van der Waals surface area contributed by atoms with E-state index in [0.29, 0.717) is 16.9 Å². The number of sulfonamides is 1. The van der Waals surface area contributed by atoms with E-state index >= 15 is 0 Å². The van der Waals surface area contributed by atoms with Crippen LogP contribution in [0.3, 0.4) is 0 Å². The summed E-state index contributed by atoms with van der Waals surface area (Å²) in [5, 5.41) is 2.85. The molecule has 0 aliphatic heterocycles. The molecule has 0 aliphatic carbocycles. The fourth-order valence-corrected chi connectivity index (χ4v) is 4.59. The third-order valence-electron chi connectivity index (χ3n) is 5.26. The highest BCUT2D eigenvalue weighted by atomic mass is 32.2. The van der Waals surface area contributed by atoms with Gasteiger partial charge in [0, 0.05) is 22.5 Å². The van der Waals surface area contributed by atoms with Crippen LogP contribution in [-0.4, -0.2) is 24.3 Å². The number of aromatic nitrogens is 2. The maximum Gasteiger partial charge on any atom is 0.261 e. The number of nitrogens with zero attached hydrogens (tertiary/aromatic N) is 1. The lowest BCUT2D eigenvalue weighted by Crippen LogP contribution is -2.14. The number of aromatic amines is 1. The van der Waals surface area contributed by atoms with Gasteiger partial charge in [0.1, 0.15) is 5.82 Å². The van der Waals surface area contributed by atoms with E-state index in [0.717, 1.165) is 22.4 Å². The summed E-state index contributed by atoms with van der Waals surface area (Å²) in [4.78, 5) is 20.7. The van der Waals surface area contributed by atoms with E-state index in [1.807, 2.05) is 48.5 Å². The zero-order valence-electron chi connectivity index (χ0n) is 17.9. The van der Waals surface area contributed by atoms with Crippen LogP contribution in [-0.2, 0) is 10.0 Å². The Morgan fingerprint density at radius 2 is 1.38 bits per heavy atom. The quantitative estimate of drug-likeness (QED) is 0.315. The Hall–Kier alpha value is -4.43. The smallest absolute Gasteiger partial charge is 0.261 e. The number of amides is 1. The SMILES string of the molecule is O=C(Nc1ccc(-c2nc3ccccc3[nH]2)cc1)c1ccc(NS(=O)(=O)c2ccccc2)cc1. The summed E-state index contributed by atoms with van der Waals surface area (Å²) in [5.41, 5.74) is 4.18. The molecule has 0 radical (unpaired) electrons. The van der Waals surface area contributed by atoms with Gasteiger partial charge in [-0.3, -0.25) is 9.52 Å². The first-order valence-corrected chi connectivity index (χ1v) is 12.0. The summed E-state index contributed by atoms with van der Waals surface area (Å²) >= 11 is 0. The summed E-state index contributed by atoms with van der Waals surface area (Å²) in [6.45, 7) is 0. The van der Waals surface area contributed by atoms with E-state index in [1.54, 1.807) is 42.5 Å². The van der Waals surface area contributed by atoms with Gasteiger partial charge in [-0.25, -0.2) is 13.4 Å². The topological polar surface area (TPSA) is 104 Å². The molecule has 1 heterocycles. The molecule has 34 heavy (non-hydrogen) atoms. The molecule has 1 aromatic heterocycles. The zero-order chi connectivity index (χ0) is 23.5. The lowest BCUT2D eigenvalue weighted by molar-refractivity contribution is 0.102. The van der Waals surface area contributed by atoms with E-state index in [9.17, 15) is 13.2 Å². The molecule has 168 valence electrons. The van der Waals surface area contributed by atoms with Crippen molar-refractivity contribution in [3.05, 3.63) is 109 Å². The molecule has 4 aromatic carbocycles. The number of imidazole rings is 1. The van der Waals surface area contributed by atoms with Crippen LogP contribution < -0.4 is 10.0 Å². The second-order valence-corrected chi connectivity index (χ2v) is 9.31. The van der Waals surface area contributed by atoms with Crippen molar-refractivity contribution in [3.8, 4) is 11.4 Å². The Morgan fingerprint density at radius 1 is 0.735 bits per heavy atom. The van der Waals surface area contributed by atoms with Crippen LogP contribution >= 0.6 is 0 Å². The van der Waals surface area contributed by atoms with Crippen LogP contribution in [0.15, 0.2) is 108 Å². The summed E-state index contributed by atoms with van der Waals surface area (Å²) in [6.07, 6.45) is 0. The Balaban J connectivity index is 1.25. The van der Waals surface area contributed by atoms with Gasteiger partial charge in [-0.05, 0) is 72.8 Å². The highest BCUT2D eigenvalue weighted by molar-refractivity contribution is 7.92. The van der Waals surface area contributed by atoms with Gasteiger partial charge < -0.3 is 10.3 Å². The fourth-order valence-electron chi connectivity index (χ4n) is 3.51. The Morgan fingerprint density at radius 3 is 2.09 bits per heavy atom. The molecule has 3 N–H and O–H groups in total. The van der Waals surface area contributed by atoms with Gasteiger partial charge in [-0.1, -0.05) is 30.3 Å². The average Bonchev–Trinajstić information content (AvgIpc) is 3.30. The van der Waals surface area contributed by atoms with Crippen molar-refractivity contribution in [2.75, 3.05) is 10.0 Å². The normalized spacial score (nSPS) is 11.3. The second-order valence-electron chi connectivity index (χ2n) is 7.63. The number of hydrogen-bond acceptors (Lipinski definition) is 4. The lowest BCUT2D eigenvalue weighted by Gasteiger charge is -2.09. The van der Waals surface area contributed by atoms with Crippen molar-refractivity contribution < 1.29 is 13.2 Å². The number of anilines is 2. The molecular weight excluding hydrogens is 448 g/mol. The third-order valence-corrected chi connectivity index (χ3v) is 6.66. The van der Waals surface area contributed by atoms with E-state index < -0.39 is 10.0 Å². The highest BCUT2D eigenvalue weighted by Gasteiger charge is 2.14. The molecule has 1 amide bonds. The van der Waals surface area contributed by atoms with Crippen molar-refractivity contribution in [1.29, 1.82) is 0 Å². The fraction of sp³-hybridized carbons (Fsp3) is 0.